The largest absolute Gasteiger partial charge is 0.492 e. The minimum Gasteiger partial charge on any atom is -0.492 e. The van der Waals surface area contributed by atoms with Gasteiger partial charge in [0.1, 0.15) is 17.9 Å². The summed E-state index contributed by atoms with van der Waals surface area (Å²) in [7, 11) is 0. The fourth-order valence-corrected chi connectivity index (χ4v) is 5.51. The SMILES string of the molecule is Cc1ccc(N2C(=O)/C(=C/c3cn(CCOc4ccccc4)c4ccccc34)C(=O)N(c3ccccc3)C2=S)cc1C. The van der Waals surface area contributed by atoms with Crippen LogP contribution in [0.5, 0.6) is 5.75 Å². The second kappa shape index (κ2) is 11.5. The topological polar surface area (TPSA) is 54.8 Å². The minimum atomic E-state index is -0.458. The molecule has 42 heavy (non-hydrogen) atoms. The van der Waals surface area contributed by atoms with Crippen molar-refractivity contribution in [1.82, 2.24) is 4.57 Å². The molecule has 208 valence electrons. The average molecular weight is 572 g/mol. The number of benzene rings is 4. The molecule has 0 radical (unpaired) electrons. The van der Waals surface area contributed by atoms with Crippen molar-refractivity contribution in [2.75, 3.05) is 16.4 Å². The van der Waals surface area contributed by atoms with Crippen molar-refractivity contribution < 1.29 is 14.3 Å². The molecule has 2 heterocycles. The number of amides is 2. The van der Waals surface area contributed by atoms with Crippen LogP contribution in [0.1, 0.15) is 16.7 Å². The van der Waals surface area contributed by atoms with Gasteiger partial charge < -0.3 is 9.30 Å². The van der Waals surface area contributed by atoms with Crippen LogP contribution in [-0.4, -0.2) is 28.1 Å². The molecule has 0 unspecified atom stereocenters. The highest BCUT2D eigenvalue weighted by Crippen LogP contribution is 2.32. The van der Waals surface area contributed by atoms with Crippen molar-refractivity contribution in [2.24, 2.45) is 0 Å². The molecule has 7 heteroatoms. The lowest BCUT2D eigenvalue weighted by Gasteiger charge is -2.36. The van der Waals surface area contributed by atoms with Crippen LogP contribution in [0.25, 0.3) is 17.0 Å². The van der Waals surface area contributed by atoms with Crippen LogP contribution >= 0.6 is 12.2 Å². The van der Waals surface area contributed by atoms with Gasteiger partial charge in [-0.25, -0.2) is 0 Å². The first-order valence-corrected chi connectivity index (χ1v) is 14.2. The lowest BCUT2D eigenvalue weighted by atomic mass is 10.0. The van der Waals surface area contributed by atoms with Gasteiger partial charge in [0, 0.05) is 22.7 Å². The number of anilines is 2. The summed E-state index contributed by atoms with van der Waals surface area (Å²) in [5, 5.41) is 1.06. The number of aryl methyl sites for hydroxylation is 2. The van der Waals surface area contributed by atoms with Gasteiger partial charge in [0.25, 0.3) is 11.8 Å². The third-order valence-electron chi connectivity index (χ3n) is 7.48. The summed E-state index contributed by atoms with van der Waals surface area (Å²) < 4.78 is 8.02. The van der Waals surface area contributed by atoms with Gasteiger partial charge in [0.15, 0.2) is 5.11 Å². The molecule has 5 aromatic rings. The molecule has 1 saturated heterocycles. The number of carbonyl (C=O) groups is 2. The second-order valence-electron chi connectivity index (χ2n) is 10.2. The highest BCUT2D eigenvalue weighted by Gasteiger charge is 2.41. The standard InChI is InChI=1S/C35H29N3O3S/c1-24-17-18-28(21-25(24)2)38-34(40)31(33(39)37(35(38)42)27-11-5-3-6-12-27)22-26-23-36(32-16-10-9-15-30(26)32)19-20-41-29-13-7-4-8-14-29/h3-18,21-23H,19-20H2,1-2H3/b31-22+. The predicted molar refractivity (Wildman–Crippen MR) is 172 cm³/mol. The fraction of sp³-hybridized carbons (Fsp3) is 0.114. The Labute approximate surface area is 250 Å². The summed E-state index contributed by atoms with van der Waals surface area (Å²) in [5.41, 5.74) is 5.13. The van der Waals surface area contributed by atoms with E-state index in [1.807, 2.05) is 123 Å². The quantitative estimate of drug-likeness (QED) is 0.119. The van der Waals surface area contributed by atoms with Crippen molar-refractivity contribution in [3.8, 4) is 5.75 Å². The summed E-state index contributed by atoms with van der Waals surface area (Å²) in [5.74, 6) is -0.108. The van der Waals surface area contributed by atoms with E-state index in [9.17, 15) is 9.59 Å². The summed E-state index contributed by atoms with van der Waals surface area (Å²) in [6, 6.07) is 32.6. The van der Waals surface area contributed by atoms with Gasteiger partial charge in [-0.3, -0.25) is 19.4 Å². The Hall–Kier alpha value is -5.01. The van der Waals surface area contributed by atoms with Crippen molar-refractivity contribution in [3.63, 3.8) is 0 Å². The maximum Gasteiger partial charge on any atom is 0.270 e. The molecule has 1 aliphatic rings. The zero-order valence-electron chi connectivity index (χ0n) is 23.4. The number of aromatic nitrogens is 1. The number of hydrogen-bond donors (Lipinski definition) is 0. The van der Waals surface area contributed by atoms with Crippen LogP contribution in [0, 0.1) is 13.8 Å². The summed E-state index contributed by atoms with van der Waals surface area (Å²) in [6.45, 7) is 5.06. The van der Waals surface area contributed by atoms with Crippen LogP contribution < -0.4 is 14.5 Å². The van der Waals surface area contributed by atoms with E-state index in [0.717, 1.165) is 33.3 Å². The number of ether oxygens (including phenoxy) is 1. The number of carbonyl (C=O) groups excluding carboxylic acids is 2. The van der Waals surface area contributed by atoms with Crippen LogP contribution in [0.2, 0.25) is 0 Å². The molecule has 0 N–H and O–H groups in total. The van der Waals surface area contributed by atoms with Gasteiger partial charge in [-0.15, -0.1) is 0 Å². The van der Waals surface area contributed by atoms with Crippen molar-refractivity contribution in [2.45, 2.75) is 20.4 Å². The van der Waals surface area contributed by atoms with Gasteiger partial charge in [-0.05, 0) is 85.7 Å². The molecule has 0 saturated carbocycles. The Balaban J connectivity index is 1.42. The molecule has 1 aliphatic heterocycles. The van der Waals surface area contributed by atoms with Crippen LogP contribution in [-0.2, 0) is 16.1 Å². The number of fused-ring (bicyclic) bond motifs is 1. The van der Waals surface area contributed by atoms with Crippen LogP contribution in [0.3, 0.4) is 0 Å². The average Bonchev–Trinajstić information content (AvgIpc) is 3.35. The fourth-order valence-electron chi connectivity index (χ4n) is 5.14. The zero-order chi connectivity index (χ0) is 29.2. The van der Waals surface area contributed by atoms with Crippen molar-refractivity contribution >= 4 is 57.5 Å². The molecule has 0 bridgehead atoms. The number of thiocarbonyl (C=S) groups is 1. The molecular formula is C35H29N3O3S. The Bertz CT molecular complexity index is 1840. The monoisotopic (exact) mass is 571 g/mol. The number of rotatable bonds is 7. The molecule has 0 atom stereocenters. The Morgan fingerprint density at radius 2 is 1.38 bits per heavy atom. The predicted octanol–water partition coefficient (Wildman–Crippen LogP) is 7.09. The van der Waals surface area contributed by atoms with Gasteiger partial charge in [0.2, 0.25) is 0 Å². The minimum absolute atomic E-state index is 0.0362. The highest BCUT2D eigenvalue weighted by molar-refractivity contribution is 7.81. The van der Waals surface area contributed by atoms with Gasteiger partial charge in [0.05, 0.1) is 17.9 Å². The maximum absolute atomic E-state index is 14.1. The first-order valence-electron chi connectivity index (χ1n) is 13.7. The smallest absolute Gasteiger partial charge is 0.270 e. The van der Waals surface area contributed by atoms with Crippen LogP contribution in [0.15, 0.2) is 115 Å². The lowest BCUT2D eigenvalue weighted by molar-refractivity contribution is -0.120. The Morgan fingerprint density at radius 3 is 2.10 bits per heavy atom. The molecule has 0 aliphatic carbocycles. The first kappa shape index (κ1) is 27.2. The van der Waals surface area contributed by atoms with E-state index in [0.29, 0.717) is 24.5 Å². The second-order valence-corrected chi connectivity index (χ2v) is 10.5. The normalized spacial score (nSPS) is 14.7. The van der Waals surface area contributed by atoms with Crippen molar-refractivity contribution in [1.29, 1.82) is 0 Å². The van der Waals surface area contributed by atoms with Gasteiger partial charge in [-0.1, -0.05) is 60.7 Å². The van der Waals surface area contributed by atoms with E-state index in [1.165, 1.54) is 9.80 Å². The Morgan fingerprint density at radius 1 is 0.738 bits per heavy atom. The molecule has 1 aromatic heterocycles. The molecule has 1 fully saturated rings. The number of nitrogens with zero attached hydrogens (tertiary/aromatic N) is 3. The molecule has 6 rings (SSSR count). The van der Waals surface area contributed by atoms with E-state index < -0.39 is 11.8 Å². The lowest BCUT2D eigenvalue weighted by Crippen LogP contribution is -2.57. The van der Waals surface area contributed by atoms with E-state index in [4.69, 9.17) is 17.0 Å². The molecule has 4 aromatic carbocycles. The van der Waals surface area contributed by atoms with Gasteiger partial charge in [-0.2, -0.15) is 0 Å². The Kier molecular flexibility index (Phi) is 7.42. The molecule has 0 spiro atoms. The summed E-state index contributed by atoms with van der Waals surface area (Å²) >= 11 is 5.79. The van der Waals surface area contributed by atoms with E-state index in [2.05, 4.69) is 4.57 Å². The van der Waals surface area contributed by atoms with Gasteiger partial charge >= 0.3 is 0 Å². The molecular weight excluding hydrogens is 542 g/mol. The first-order chi connectivity index (χ1) is 20.4. The third kappa shape index (κ3) is 5.10. The van der Waals surface area contributed by atoms with Crippen LogP contribution in [0.4, 0.5) is 11.4 Å². The van der Waals surface area contributed by atoms with E-state index in [1.54, 1.807) is 6.08 Å². The highest BCUT2D eigenvalue weighted by atomic mass is 32.1. The zero-order valence-corrected chi connectivity index (χ0v) is 24.2. The number of hydrogen-bond acceptors (Lipinski definition) is 4. The van der Waals surface area contributed by atoms with Crippen molar-refractivity contribution in [3.05, 3.63) is 132 Å². The third-order valence-corrected chi connectivity index (χ3v) is 7.84. The van der Waals surface area contributed by atoms with E-state index >= 15 is 0 Å². The summed E-state index contributed by atoms with van der Waals surface area (Å²) in [6.07, 6.45) is 3.65. The number of para-hydroxylation sites is 3. The maximum atomic E-state index is 14.1. The van der Waals surface area contributed by atoms with E-state index in [-0.39, 0.29) is 10.7 Å². The molecule has 6 nitrogen and oxygen atoms in total. The summed E-state index contributed by atoms with van der Waals surface area (Å²) in [4.78, 5) is 31.0. The molecule has 2 amide bonds.